The molecule has 3 amide bonds. The van der Waals surface area contributed by atoms with E-state index in [1.54, 1.807) is 23.9 Å². The van der Waals surface area contributed by atoms with Crippen LogP contribution in [0.1, 0.15) is 34.3 Å². The Bertz CT molecular complexity index is 973. The number of amides is 3. The normalized spacial score (nSPS) is 18.0. The lowest BCUT2D eigenvalue weighted by Gasteiger charge is -2.44. The van der Waals surface area contributed by atoms with Crippen molar-refractivity contribution in [2.24, 2.45) is 0 Å². The van der Waals surface area contributed by atoms with Gasteiger partial charge in [-0.15, -0.1) is 11.8 Å². The number of carbonyl (C=O) groups excluding carboxylic acids is 2. The van der Waals surface area contributed by atoms with E-state index >= 15 is 0 Å². The van der Waals surface area contributed by atoms with Crippen molar-refractivity contribution in [1.82, 2.24) is 9.80 Å². The average Bonchev–Trinajstić information content (AvgIpc) is 3.14. The lowest BCUT2D eigenvalue weighted by Crippen LogP contribution is -2.54. The Labute approximate surface area is 180 Å². The monoisotopic (exact) mass is 427 g/mol. The second-order valence-corrected chi connectivity index (χ2v) is 9.38. The van der Waals surface area contributed by atoms with Crippen LogP contribution < -0.4 is 5.32 Å². The van der Waals surface area contributed by atoms with Crippen molar-refractivity contribution < 1.29 is 14.0 Å². The van der Waals surface area contributed by atoms with Crippen molar-refractivity contribution in [3.8, 4) is 0 Å². The van der Waals surface area contributed by atoms with E-state index in [0.717, 1.165) is 22.6 Å². The lowest BCUT2D eigenvalue weighted by molar-refractivity contribution is 0.0585. The molecule has 4 rings (SSSR count). The first-order valence-electron chi connectivity index (χ1n) is 10.2. The number of anilines is 1. The van der Waals surface area contributed by atoms with Gasteiger partial charge in [0.1, 0.15) is 5.82 Å². The van der Waals surface area contributed by atoms with Crippen LogP contribution in [0.15, 0.2) is 42.5 Å². The minimum atomic E-state index is -0.403. The van der Waals surface area contributed by atoms with Gasteiger partial charge in [0.15, 0.2) is 0 Å². The van der Waals surface area contributed by atoms with Crippen LogP contribution in [0.4, 0.5) is 14.9 Å². The molecule has 0 radical (unpaired) electrons. The van der Waals surface area contributed by atoms with Crippen LogP contribution in [0.5, 0.6) is 0 Å². The molecule has 0 atom stereocenters. The molecule has 0 bridgehead atoms. The largest absolute Gasteiger partial charge is 0.324 e. The van der Waals surface area contributed by atoms with E-state index in [1.165, 1.54) is 12.1 Å². The Kier molecular flexibility index (Phi) is 5.73. The van der Waals surface area contributed by atoms with Gasteiger partial charge < -0.3 is 15.1 Å². The summed E-state index contributed by atoms with van der Waals surface area (Å²) in [5.41, 5.74) is 3.42. The number of nitrogens with zero attached hydrogens (tertiary/aromatic N) is 2. The van der Waals surface area contributed by atoms with E-state index in [1.807, 2.05) is 41.8 Å². The number of nitrogens with one attached hydrogen (secondary N) is 1. The van der Waals surface area contributed by atoms with Gasteiger partial charge in [0, 0.05) is 36.6 Å². The van der Waals surface area contributed by atoms with E-state index in [0.29, 0.717) is 38.0 Å². The number of hydrogen-bond donors (Lipinski definition) is 1. The minimum absolute atomic E-state index is 0.107. The topological polar surface area (TPSA) is 52.7 Å². The van der Waals surface area contributed by atoms with E-state index in [4.69, 9.17) is 0 Å². The molecular weight excluding hydrogens is 401 g/mol. The number of hydrogen-bond acceptors (Lipinski definition) is 3. The van der Waals surface area contributed by atoms with Gasteiger partial charge in [-0.2, -0.15) is 0 Å². The Hall–Kier alpha value is -2.54. The second-order valence-electron chi connectivity index (χ2n) is 7.93. The zero-order valence-corrected chi connectivity index (χ0v) is 18.1. The summed E-state index contributed by atoms with van der Waals surface area (Å²) in [6, 6.07) is 11.6. The molecule has 2 heterocycles. The predicted octanol–water partition coefficient (Wildman–Crippen LogP) is 4.66. The van der Waals surface area contributed by atoms with E-state index in [2.05, 4.69) is 5.32 Å². The highest BCUT2D eigenvalue weighted by Gasteiger charge is 2.47. The maximum Gasteiger partial charge on any atom is 0.321 e. The standard InChI is InChI=1S/C23H26FN3O2S/c1-16-5-3-8-20(17(16)2)25-22(29)26-11-9-23(10-12-26)27(13-14-30-23)21(28)18-6-4-7-19(24)15-18/h3-8,15H,9-14H2,1-2H3,(H,25,29). The zero-order valence-electron chi connectivity index (χ0n) is 17.3. The second kappa shape index (κ2) is 8.30. The maximum absolute atomic E-state index is 13.6. The smallest absolute Gasteiger partial charge is 0.321 e. The minimum Gasteiger partial charge on any atom is -0.324 e. The summed E-state index contributed by atoms with van der Waals surface area (Å²) in [5.74, 6) is 0.322. The van der Waals surface area contributed by atoms with Gasteiger partial charge in [-0.05, 0) is 62.1 Å². The lowest BCUT2D eigenvalue weighted by atomic mass is 10.0. The van der Waals surface area contributed by atoms with Gasteiger partial charge in [-0.1, -0.05) is 18.2 Å². The number of aryl methyl sites for hydroxylation is 1. The van der Waals surface area contributed by atoms with Crippen molar-refractivity contribution in [3.05, 3.63) is 65.0 Å². The van der Waals surface area contributed by atoms with Gasteiger partial charge in [0.25, 0.3) is 5.91 Å². The summed E-state index contributed by atoms with van der Waals surface area (Å²) >= 11 is 1.78. The van der Waals surface area contributed by atoms with Gasteiger partial charge in [-0.3, -0.25) is 4.79 Å². The molecule has 0 aromatic heterocycles. The third-order valence-corrected chi connectivity index (χ3v) is 7.73. The molecule has 1 N–H and O–H groups in total. The van der Waals surface area contributed by atoms with Crippen molar-refractivity contribution in [2.45, 2.75) is 31.6 Å². The van der Waals surface area contributed by atoms with E-state index < -0.39 is 5.82 Å². The van der Waals surface area contributed by atoms with Crippen LogP contribution in [-0.2, 0) is 0 Å². The molecule has 2 saturated heterocycles. The first-order chi connectivity index (χ1) is 14.4. The van der Waals surface area contributed by atoms with Gasteiger partial charge in [0.05, 0.1) is 4.87 Å². The van der Waals surface area contributed by atoms with Gasteiger partial charge >= 0.3 is 6.03 Å². The molecular formula is C23H26FN3O2S. The average molecular weight is 428 g/mol. The number of halogens is 1. The fourth-order valence-corrected chi connectivity index (χ4v) is 5.68. The molecule has 2 fully saturated rings. The molecule has 5 nitrogen and oxygen atoms in total. The first-order valence-corrected chi connectivity index (χ1v) is 11.2. The molecule has 0 saturated carbocycles. The van der Waals surface area contributed by atoms with Crippen molar-refractivity contribution in [1.29, 1.82) is 0 Å². The van der Waals surface area contributed by atoms with Crippen LogP contribution in [-0.4, -0.2) is 52.0 Å². The molecule has 2 aliphatic heterocycles. The van der Waals surface area contributed by atoms with Crippen LogP contribution in [0.2, 0.25) is 0 Å². The summed E-state index contributed by atoms with van der Waals surface area (Å²) in [6.07, 6.45) is 1.41. The first kappa shape index (κ1) is 20.7. The number of benzene rings is 2. The number of thioether (sulfide) groups is 1. The molecule has 0 aliphatic carbocycles. The highest BCUT2D eigenvalue weighted by molar-refractivity contribution is 8.00. The molecule has 2 aliphatic rings. The molecule has 2 aromatic carbocycles. The SMILES string of the molecule is Cc1cccc(NC(=O)N2CCC3(CC2)SCCN3C(=O)c2cccc(F)c2)c1C. The Balaban J connectivity index is 1.43. The molecule has 2 aromatic rings. The third kappa shape index (κ3) is 3.90. The van der Waals surface area contributed by atoms with E-state index in [-0.39, 0.29) is 16.8 Å². The van der Waals surface area contributed by atoms with E-state index in [9.17, 15) is 14.0 Å². The summed E-state index contributed by atoms with van der Waals surface area (Å²) in [7, 11) is 0. The van der Waals surface area contributed by atoms with Crippen molar-refractivity contribution in [2.75, 3.05) is 30.7 Å². The highest BCUT2D eigenvalue weighted by atomic mass is 32.2. The maximum atomic E-state index is 13.6. The van der Waals surface area contributed by atoms with Crippen LogP contribution >= 0.6 is 11.8 Å². The highest BCUT2D eigenvalue weighted by Crippen LogP contribution is 2.44. The molecule has 1 spiro atoms. The Morgan fingerprint density at radius 3 is 2.53 bits per heavy atom. The van der Waals surface area contributed by atoms with Crippen LogP contribution in [0.3, 0.4) is 0 Å². The van der Waals surface area contributed by atoms with Gasteiger partial charge in [-0.25, -0.2) is 9.18 Å². The van der Waals surface area contributed by atoms with Crippen molar-refractivity contribution >= 4 is 29.4 Å². The Morgan fingerprint density at radius 1 is 1.07 bits per heavy atom. The fraction of sp³-hybridized carbons (Fsp3) is 0.391. The predicted molar refractivity (Wildman–Crippen MR) is 118 cm³/mol. The number of piperidine rings is 1. The summed E-state index contributed by atoms with van der Waals surface area (Å²) in [5, 5.41) is 3.02. The summed E-state index contributed by atoms with van der Waals surface area (Å²) in [4.78, 5) is 29.2. The Morgan fingerprint density at radius 2 is 1.80 bits per heavy atom. The van der Waals surface area contributed by atoms with Gasteiger partial charge in [0.2, 0.25) is 0 Å². The molecule has 7 heteroatoms. The van der Waals surface area contributed by atoms with Crippen LogP contribution in [0.25, 0.3) is 0 Å². The third-order valence-electron chi connectivity index (χ3n) is 6.17. The number of likely N-dealkylation sites (tertiary alicyclic amines) is 1. The van der Waals surface area contributed by atoms with Crippen molar-refractivity contribution in [3.63, 3.8) is 0 Å². The summed E-state index contributed by atoms with van der Waals surface area (Å²) in [6.45, 7) is 5.83. The number of rotatable bonds is 2. The summed E-state index contributed by atoms with van der Waals surface area (Å²) < 4.78 is 13.6. The molecule has 30 heavy (non-hydrogen) atoms. The quantitative estimate of drug-likeness (QED) is 0.759. The molecule has 158 valence electrons. The molecule has 0 unspecified atom stereocenters. The zero-order chi connectivity index (χ0) is 21.3. The fourth-order valence-electron chi connectivity index (χ4n) is 4.23. The van der Waals surface area contributed by atoms with Crippen LogP contribution in [0, 0.1) is 19.7 Å². The number of urea groups is 1. The number of carbonyl (C=O) groups is 2.